The third-order valence-electron chi connectivity index (χ3n) is 2.56. The molecule has 16 heavy (non-hydrogen) atoms. The first-order valence-corrected chi connectivity index (χ1v) is 5.53. The molecule has 0 bridgehead atoms. The van der Waals surface area contributed by atoms with E-state index in [2.05, 4.69) is 0 Å². The molecule has 0 radical (unpaired) electrons. The van der Waals surface area contributed by atoms with Gasteiger partial charge in [0.15, 0.2) is 11.5 Å². The molecule has 0 aromatic heterocycles. The van der Waals surface area contributed by atoms with Crippen molar-refractivity contribution in [2.24, 2.45) is 5.92 Å². The van der Waals surface area contributed by atoms with E-state index in [0.29, 0.717) is 34.6 Å². The van der Waals surface area contributed by atoms with Crippen molar-refractivity contribution in [3.8, 4) is 17.6 Å². The summed E-state index contributed by atoms with van der Waals surface area (Å²) in [5.41, 5.74) is 0.349. The van der Waals surface area contributed by atoms with E-state index in [1.807, 2.05) is 6.07 Å². The van der Waals surface area contributed by atoms with Gasteiger partial charge in [-0.3, -0.25) is 0 Å². The van der Waals surface area contributed by atoms with Crippen LogP contribution in [-0.2, 0) is 0 Å². The highest BCUT2D eigenvalue weighted by Crippen LogP contribution is 2.37. The molecule has 1 saturated carbocycles. The SMILES string of the molecule is COc1ccc(Cl)c(C#N)c1OCC1CC1. The lowest BCUT2D eigenvalue weighted by molar-refractivity contribution is 0.279. The van der Waals surface area contributed by atoms with Crippen LogP contribution < -0.4 is 9.47 Å². The van der Waals surface area contributed by atoms with Gasteiger partial charge in [-0.2, -0.15) is 5.26 Å². The van der Waals surface area contributed by atoms with Crippen molar-refractivity contribution in [2.45, 2.75) is 12.8 Å². The Bertz CT molecular complexity index is 435. The highest BCUT2D eigenvalue weighted by atomic mass is 35.5. The fourth-order valence-electron chi connectivity index (χ4n) is 1.43. The first-order chi connectivity index (χ1) is 7.76. The van der Waals surface area contributed by atoms with Crippen LogP contribution in [0.5, 0.6) is 11.5 Å². The second kappa shape index (κ2) is 4.63. The zero-order valence-electron chi connectivity index (χ0n) is 9.00. The Morgan fingerprint density at radius 1 is 1.50 bits per heavy atom. The lowest BCUT2D eigenvalue weighted by Gasteiger charge is -2.12. The van der Waals surface area contributed by atoms with Crippen molar-refractivity contribution in [3.05, 3.63) is 22.7 Å². The number of rotatable bonds is 4. The summed E-state index contributed by atoms with van der Waals surface area (Å²) in [6.45, 7) is 0.630. The smallest absolute Gasteiger partial charge is 0.180 e. The lowest BCUT2D eigenvalue weighted by Crippen LogP contribution is -2.03. The van der Waals surface area contributed by atoms with Gasteiger partial charge in [0.25, 0.3) is 0 Å². The maximum absolute atomic E-state index is 9.03. The van der Waals surface area contributed by atoms with Gasteiger partial charge in [0.05, 0.1) is 18.7 Å². The molecule has 0 heterocycles. The minimum atomic E-state index is 0.349. The monoisotopic (exact) mass is 237 g/mol. The first kappa shape index (κ1) is 11.1. The second-order valence-corrected chi connectivity index (χ2v) is 4.23. The van der Waals surface area contributed by atoms with Crippen LogP contribution in [0.1, 0.15) is 18.4 Å². The van der Waals surface area contributed by atoms with Gasteiger partial charge in [0.2, 0.25) is 0 Å². The third-order valence-corrected chi connectivity index (χ3v) is 2.88. The number of halogens is 1. The molecule has 0 aliphatic heterocycles. The summed E-state index contributed by atoms with van der Waals surface area (Å²) in [4.78, 5) is 0. The number of hydrogen-bond donors (Lipinski definition) is 0. The molecule has 0 amide bonds. The van der Waals surface area contributed by atoms with Gasteiger partial charge in [0, 0.05) is 0 Å². The summed E-state index contributed by atoms with van der Waals surface area (Å²) in [6, 6.07) is 5.40. The molecule has 0 atom stereocenters. The van der Waals surface area contributed by atoms with Gasteiger partial charge in [-0.25, -0.2) is 0 Å². The fraction of sp³-hybridized carbons (Fsp3) is 0.417. The van der Waals surface area contributed by atoms with Crippen molar-refractivity contribution < 1.29 is 9.47 Å². The van der Waals surface area contributed by atoms with Crippen molar-refractivity contribution in [1.82, 2.24) is 0 Å². The highest BCUT2D eigenvalue weighted by Gasteiger charge is 2.24. The molecule has 3 nitrogen and oxygen atoms in total. The number of methoxy groups -OCH3 is 1. The van der Waals surface area contributed by atoms with Crippen molar-refractivity contribution in [3.63, 3.8) is 0 Å². The standard InChI is InChI=1S/C12H12ClNO2/c1-15-11-5-4-10(13)9(6-14)12(11)16-7-8-2-3-8/h4-5,8H,2-3,7H2,1H3. The van der Waals surface area contributed by atoms with Crippen LogP contribution in [0.4, 0.5) is 0 Å². The molecule has 1 fully saturated rings. The van der Waals surface area contributed by atoms with E-state index in [4.69, 9.17) is 26.3 Å². The molecule has 0 spiro atoms. The van der Waals surface area contributed by atoms with Crippen LogP contribution in [0.25, 0.3) is 0 Å². The van der Waals surface area contributed by atoms with Gasteiger partial charge >= 0.3 is 0 Å². The molecule has 0 unspecified atom stereocenters. The van der Waals surface area contributed by atoms with E-state index in [1.54, 1.807) is 19.2 Å². The molecule has 4 heteroatoms. The Balaban J connectivity index is 2.29. The summed E-state index contributed by atoms with van der Waals surface area (Å²) < 4.78 is 10.8. The molecule has 1 aromatic rings. The van der Waals surface area contributed by atoms with Crippen LogP contribution >= 0.6 is 11.6 Å². The van der Waals surface area contributed by atoms with E-state index in [1.165, 1.54) is 12.8 Å². The van der Waals surface area contributed by atoms with E-state index in [9.17, 15) is 0 Å². The summed E-state index contributed by atoms with van der Waals surface area (Å²) in [5, 5.41) is 9.43. The molecule has 0 N–H and O–H groups in total. The van der Waals surface area contributed by atoms with Crippen molar-refractivity contribution >= 4 is 11.6 Å². The average Bonchev–Trinajstić information content (AvgIpc) is 3.10. The molecular formula is C12H12ClNO2. The third kappa shape index (κ3) is 2.23. The topological polar surface area (TPSA) is 42.2 Å². The van der Waals surface area contributed by atoms with Gasteiger partial charge in [-0.1, -0.05) is 11.6 Å². The van der Waals surface area contributed by atoms with Crippen molar-refractivity contribution in [1.29, 1.82) is 5.26 Å². The van der Waals surface area contributed by atoms with Gasteiger partial charge in [-0.05, 0) is 30.9 Å². The van der Waals surface area contributed by atoms with Gasteiger partial charge < -0.3 is 9.47 Å². The van der Waals surface area contributed by atoms with Gasteiger partial charge in [0.1, 0.15) is 11.6 Å². The number of hydrogen-bond acceptors (Lipinski definition) is 3. The summed E-state index contributed by atoms with van der Waals surface area (Å²) in [7, 11) is 1.55. The summed E-state index contributed by atoms with van der Waals surface area (Å²) in [5.74, 6) is 1.64. The maximum atomic E-state index is 9.03. The second-order valence-electron chi connectivity index (χ2n) is 3.82. The van der Waals surface area contributed by atoms with Gasteiger partial charge in [-0.15, -0.1) is 0 Å². The molecule has 2 rings (SSSR count). The van der Waals surface area contributed by atoms with Crippen LogP contribution in [0.2, 0.25) is 5.02 Å². The zero-order valence-corrected chi connectivity index (χ0v) is 9.75. The zero-order chi connectivity index (χ0) is 11.5. The Morgan fingerprint density at radius 3 is 2.81 bits per heavy atom. The van der Waals surface area contributed by atoms with E-state index in [-0.39, 0.29) is 0 Å². The Labute approximate surface area is 99.5 Å². The van der Waals surface area contributed by atoms with Crippen molar-refractivity contribution in [2.75, 3.05) is 13.7 Å². The molecule has 1 aliphatic rings. The Morgan fingerprint density at radius 2 is 2.25 bits per heavy atom. The van der Waals surface area contributed by atoms with E-state index < -0.39 is 0 Å². The molecule has 1 aromatic carbocycles. The van der Waals surface area contributed by atoms with Crippen LogP contribution in [-0.4, -0.2) is 13.7 Å². The molecule has 84 valence electrons. The predicted octanol–water partition coefficient (Wildman–Crippen LogP) is 3.01. The normalized spacial score (nSPS) is 14.3. The van der Waals surface area contributed by atoms with Crippen LogP contribution in [0.3, 0.4) is 0 Å². The quantitative estimate of drug-likeness (QED) is 0.809. The lowest BCUT2D eigenvalue weighted by atomic mass is 10.2. The summed E-state index contributed by atoms with van der Waals surface area (Å²) >= 11 is 5.93. The minimum absolute atomic E-state index is 0.349. The molecular weight excluding hydrogens is 226 g/mol. The highest BCUT2D eigenvalue weighted by molar-refractivity contribution is 6.32. The average molecular weight is 238 g/mol. The summed E-state index contributed by atoms with van der Waals surface area (Å²) in [6.07, 6.45) is 2.40. The number of nitrogens with zero attached hydrogens (tertiary/aromatic N) is 1. The van der Waals surface area contributed by atoms with Crippen LogP contribution in [0.15, 0.2) is 12.1 Å². The fourth-order valence-corrected chi connectivity index (χ4v) is 1.62. The maximum Gasteiger partial charge on any atom is 0.180 e. The predicted molar refractivity (Wildman–Crippen MR) is 60.9 cm³/mol. The van der Waals surface area contributed by atoms with E-state index >= 15 is 0 Å². The minimum Gasteiger partial charge on any atom is -0.493 e. The Hall–Kier alpha value is -1.40. The number of ether oxygens (including phenoxy) is 2. The Kier molecular flexibility index (Phi) is 3.21. The molecule has 1 aliphatic carbocycles. The number of nitriles is 1. The largest absolute Gasteiger partial charge is 0.493 e. The first-order valence-electron chi connectivity index (χ1n) is 5.15. The van der Waals surface area contributed by atoms with Crippen LogP contribution in [0, 0.1) is 17.2 Å². The van der Waals surface area contributed by atoms with E-state index in [0.717, 1.165) is 0 Å². The number of benzene rings is 1. The molecule has 0 saturated heterocycles.